The Kier molecular flexibility index (Phi) is 8.68. The van der Waals surface area contributed by atoms with Crippen LogP contribution < -0.4 is 0 Å². The van der Waals surface area contributed by atoms with Gasteiger partial charge in [0.2, 0.25) is 0 Å². The predicted octanol–water partition coefficient (Wildman–Crippen LogP) is 2.94. The Morgan fingerprint density at radius 1 is 1.31 bits per heavy atom. The number of nitrogens with zero attached hydrogens (tertiary/aromatic N) is 2. The summed E-state index contributed by atoms with van der Waals surface area (Å²) in [6, 6.07) is 0. The maximum absolute atomic E-state index is 8.05. The number of piperidine rings is 1. The van der Waals surface area contributed by atoms with Crippen LogP contribution in [0.5, 0.6) is 0 Å². The lowest BCUT2D eigenvalue weighted by atomic mass is 10.1. The zero-order valence-electron chi connectivity index (χ0n) is 11.1. The van der Waals surface area contributed by atoms with E-state index in [0.717, 1.165) is 26.2 Å². The number of guanidine groups is 1. The van der Waals surface area contributed by atoms with Gasteiger partial charge in [-0.2, -0.15) is 0 Å². The van der Waals surface area contributed by atoms with Gasteiger partial charge in [-0.25, -0.2) is 0 Å². The quantitative estimate of drug-likeness (QED) is 0.455. The van der Waals surface area contributed by atoms with Crippen LogP contribution in [0.4, 0.5) is 0 Å². The molecule has 0 unspecified atom stereocenters. The average molecular weight is 225 g/mol. The fraction of sp³-hybridized carbons (Fsp3) is 0.769. The number of hydrogen-bond acceptors (Lipinski definition) is 1. The molecule has 94 valence electrons. The first-order valence-corrected chi connectivity index (χ1v) is 6.49. The lowest BCUT2D eigenvalue weighted by Gasteiger charge is -2.34. The monoisotopic (exact) mass is 225 g/mol. The van der Waals surface area contributed by atoms with E-state index in [9.17, 15) is 0 Å². The Morgan fingerprint density at radius 2 is 1.88 bits per heavy atom. The molecule has 0 amide bonds. The summed E-state index contributed by atoms with van der Waals surface area (Å²) in [6.45, 7) is 13.6. The van der Waals surface area contributed by atoms with Gasteiger partial charge in [0.25, 0.3) is 0 Å². The predicted molar refractivity (Wildman–Crippen MR) is 71.9 cm³/mol. The van der Waals surface area contributed by atoms with Gasteiger partial charge in [-0.3, -0.25) is 5.41 Å². The first-order chi connectivity index (χ1) is 7.79. The molecule has 3 heteroatoms. The molecule has 1 N–H and O–H groups in total. The van der Waals surface area contributed by atoms with E-state index in [4.69, 9.17) is 5.41 Å². The van der Waals surface area contributed by atoms with Crippen LogP contribution in [0.1, 0.15) is 40.0 Å². The highest BCUT2D eigenvalue weighted by Crippen LogP contribution is 2.10. The second-order valence-corrected chi connectivity index (χ2v) is 3.70. The summed E-state index contributed by atoms with van der Waals surface area (Å²) >= 11 is 0. The number of likely N-dealkylation sites (tertiary alicyclic amines) is 1. The first kappa shape index (κ1) is 15.0. The molecule has 16 heavy (non-hydrogen) atoms. The van der Waals surface area contributed by atoms with Gasteiger partial charge < -0.3 is 9.80 Å². The van der Waals surface area contributed by atoms with Crippen molar-refractivity contribution in [2.75, 3.05) is 26.2 Å². The van der Waals surface area contributed by atoms with E-state index in [1.807, 2.05) is 19.9 Å². The molecule has 1 heterocycles. The van der Waals surface area contributed by atoms with Crippen LogP contribution in [0.3, 0.4) is 0 Å². The van der Waals surface area contributed by atoms with Crippen molar-refractivity contribution in [1.82, 2.24) is 9.80 Å². The van der Waals surface area contributed by atoms with Crippen molar-refractivity contribution in [2.24, 2.45) is 0 Å². The lowest BCUT2D eigenvalue weighted by Crippen LogP contribution is -2.45. The summed E-state index contributed by atoms with van der Waals surface area (Å²) in [4.78, 5) is 4.23. The van der Waals surface area contributed by atoms with E-state index in [1.165, 1.54) is 19.3 Å². The highest BCUT2D eigenvalue weighted by atomic mass is 15.4. The maximum Gasteiger partial charge on any atom is 0.193 e. The molecule has 1 saturated heterocycles. The van der Waals surface area contributed by atoms with E-state index >= 15 is 0 Å². The van der Waals surface area contributed by atoms with E-state index in [-0.39, 0.29) is 0 Å². The highest BCUT2D eigenvalue weighted by molar-refractivity contribution is 5.77. The summed E-state index contributed by atoms with van der Waals surface area (Å²) in [6.07, 6.45) is 5.64. The molecule has 0 atom stereocenters. The molecular formula is C13H27N3. The van der Waals surface area contributed by atoms with E-state index in [0.29, 0.717) is 5.96 Å². The van der Waals surface area contributed by atoms with Gasteiger partial charge in [-0.1, -0.05) is 19.9 Å². The summed E-state index contributed by atoms with van der Waals surface area (Å²) in [7, 11) is 0. The number of likely N-dealkylation sites (N-methyl/N-ethyl adjacent to an activating group) is 1. The van der Waals surface area contributed by atoms with Crippen molar-refractivity contribution in [3.63, 3.8) is 0 Å². The molecule has 0 spiro atoms. The topological polar surface area (TPSA) is 30.3 Å². The van der Waals surface area contributed by atoms with Crippen molar-refractivity contribution in [1.29, 1.82) is 5.41 Å². The van der Waals surface area contributed by atoms with Gasteiger partial charge in [-0.05, 0) is 26.2 Å². The van der Waals surface area contributed by atoms with Crippen molar-refractivity contribution < 1.29 is 0 Å². The molecule has 0 saturated carbocycles. The molecule has 3 nitrogen and oxygen atoms in total. The Balaban J connectivity index is 0.00000106. The highest BCUT2D eigenvalue weighted by Gasteiger charge is 2.16. The summed E-state index contributed by atoms with van der Waals surface area (Å²) in [5.41, 5.74) is 0. The average Bonchev–Trinajstić information content (AvgIpc) is 2.38. The second-order valence-electron chi connectivity index (χ2n) is 3.70. The van der Waals surface area contributed by atoms with Crippen LogP contribution in [-0.2, 0) is 0 Å². The summed E-state index contributed by atoms with van der Waals surface area (Å²) < 4.78 is 0. The normalized spacial score (nSPS) is 14.8. The first-order valence-electron chi connectivity index (χ1n) is 6.49. The smallest absolute Gasteiger partial charge is 0.193 e. The number of hydrogen-bond donors (Lipinski definition) is 1. The van der Waals surface area contributed by atoms with Crippen LogP contribution in [0.25, 0.3) is 0 Å². The fourth-order valence-electron chi connectivity index (χ4n) is 1.83. The van der Waals surface area contributed by atoms with Crippen LogP contribution in [-0.4, -0.2) is 41.9 Å². The minimum Gasteiger partial charge on any atom is -0.343 e. The molecular weight excluding hydrogens is 198 g/mol. The molecule has 1 rings (SSSR count). The van der Waals surface area contributed by atoms with Gasteiger partial charge in [0.15, 0.2) is 5.96 Å². The van der Waals surface area contributed by atoms with E-state index < -0.39 is 0 Å². The second kappa shape index (κ2) is 9.25. The summed E-state index contributed by atoms with van der Waals surface area (Å²) in [5.74, 6) is 0.673. The summed E-state index contributed by atoms with van der Waals surface area (Å²) in [5, 5.41) is 8.05. The number of nitrogens with one attached hydrogen (secondary N) is 1. The van der Waals surface area contributed by atoms with Gasteiger partial charge in [0.1, 0.15) is 0 Å². The SMILES string of the molecule is C=CCN(CC)C(=N)N1CCCCC1.CC. The van der Waals surface area contributed by atoms with Crippen molar-refractivity contribution >= 4 is 5.96 Å². The fourth-order valence-corrected chi connectivity index (χ4v) is 1.83. The molecule has 0 aromatic carbocycles. The standard InChI is InChI=1S/C11H21N3.C2H6/c1-3-8-13(4-2)11(12)14-9-6-5-7-10-14;1-2/h3,12H,1,4-10H2,2H3;1-2H3. The van der Waals surface area contributed by atoms with Crippen molar-refractivity contribution in [3.8, 4) is 0 Å². The van der Waals surface area contributed by atoms with Gasteiger partial charge in [0, 0.05) is 26.2 Å². The molecule has 1 aliphatic rings. The minimum atomic E-state index is 0.673. The van der Waals surface area contributed by atoms with Crippen LogP contribution in [0, 0.1) is 5.41 Å². The Labute approximate surface area is 101 Å². The van der Waals surface area contributed by atoms with E-state index in [1.54, 1.807) is 0 Å². The van der Waals surface area contributed by atoms with Crippen LogP contribution in [0.2, 0.25) is 0 Å². The van der Waals surface area contributed by atoms with Crippen LogP contribution in [0.15, 0.2) is 12.7 Å². The van der Waals surface area contributed by atoms with Crippen molar-refractivity contribution in [3.05, 3.63) is 12.7 Å². The van der Waals surface area contributed by atoms with Gasteiger partial charge >= 0.3 is 0 Å². The Morgan fingerprint density at radius 3 is 2.31 bits per heavy atom. The zero-order chi connectivity index (χ0) is 12.4. The third-order valence-electron chi connectivity index (χ3n) is 2.69. The molecule has 0 aliphatic carbocycles. The maximum atomic E-state index is 8.05. The molecule has 1 aliphatic heterocycles. The third-order valence-corrected chi connectivity index (χ3v) is 2.69. The molecule has 0 aromatic rings. The van der Waals surface area contributed by atoms with E-state index in [2.05, 4.69) is 23.3 Å². The third kappa shape index (κ3) is 4.69. The number of rotatable bonds is 3. The minimum absolute atomic E-state index is 0.673. The largest absolute Gasteiger partial charge is 0.343 e. The molecule has 0 bridgehead atoms. The molecule has 0 aromatic heterocycles. The Bertz CT molecular complexity index is 195. The Hall–Kier alpha value is -0.990. The van der Waals surface area contributed by atoms with Gasteiger partial charge in [0.05, 0.1) is 0 Å². The van der Waals surface area contributed by atoms with Crippen LogP contribution >= 0.6 is 0 Å². The molecule has 1 fully saturated rings. The van der Waals surface area contributed by atoms with Crippen molar-refractivity contribution in [2.45, 2.75) is 40.0 Å². The molecule has 0 radical (unpaired) electrons. The zero-order valence-corrected chi connectivity index (χ0v) is 11.1. The lowest BCUT2D eigenvalue weighted by molar-refractivity contribution is 0.290. The van der Waals surface area contributed by atoms with Gasteiger partial charge in [-0.15, -0.1) is 6.58 Å².